The summed E-state index contributed by atoms with van der Waals surface area (Å²) in [6.07, 6.45) is 3.93. The number of rotatable bonds is 8. The fourth-order valence-electron chi connectivity index (χ4n) is 1.75. The van der Waals surface area contributed by atoms with Crippen LogP contribution < -0.4 is 14.8 Å². The third-order valence-electron chi connectivity index (χ3n) is 3.02. The summed E-state index contributed by atoms with van der Waals surface area (Å²) in [6, 6.07) is 5.62. The Morgan fingerprint density at radius 1 is 1.38 bits per heavy atom. The first-order valence-corrected chi connectivity index (χ1v) is 6.94. The molecule has 0 fully saturated rings. The molecule has 1 N–H and O–H groups in total. The fraction of sp³-hybridized carbons (Fsp3) is 0.438. The summed E-state index contributed by atoms with van der Waals surface area (Å²) in [4.78, 5) is 13.5. The maximum Gasteiger partial charge on any atom is 0.260 e. The zero-order valence-corrected chi connectivity index (χ0v) is 13.2. The highest BCUT2D eigenvalue weighted by Crippen LogP contribution is 2.28. The van der Waals surface area contributed by atoms with E-state index in [9.17, 15) is 4.79 Å². The van der Waals surface area contributed by atoms with Crippen LogP contribution in [-0.2, 0) is 4.79 Å². The molecule has 0 aliphatic rings. The number of amides is 1. The lowest BCUT2D eigenvalue weighted by molar-refractivity contribution is -0.132. The second kappa shape index (κ2) is 9.02. The lowest BCUT2D eigenvalue weighted by Crippen LogP contribution is -2.35. The van der Waals surface area contributed by atoms with Crippen LogP contribution in [0.1, 0.15) is 12.5 Å². The van der Waals surface area contributed by atoms with E-state index >= 15 is 0 Å². The first-order valence-electron chi connectivity index (χ1n) is 6.94. The van der Waals surface area contributed by atoms with Crippen LogP contribution in [0.2, 0.25) is 0 Å². The highest BCUT2D eigenvalue weighted by atomic mass is 16.5. The maximum absolute atomic E-state index is 11.9. The molecule has 0 bridgehead atoms. The van der Waals surface area contributed by atoms with Gasteiger partial charge in [-0.3, -0.25) is 4.79 Å². The van der Waals surface area contributed by atoms with Crippen molar-refractivity contribution < 1.29 is 14.3 Å². The third-order valence-corrected chi connectivity index (χ3v) is 3.02. The Morgan fingerprint density at radius 3 is 2.76 bits per heavy atom. The van der Waals surface area contributed by atoms with Gasteiger partial charge in [0.05, 0.1) is 7.11 Å². The smallest absolute Gasteiger partial charge is 0.260 e. The topological polar surface area (TPSA) is 50.8 Å². The van der Waals surface area contributed by atoms with Crippen molar-refractivity contribution in [2.45, 2.75) is 6.92 Å². The van der Waals surface area contributed by atoms with Crippen LogP contribution in [0.25, 0.3) is 6.08 Å². The van der Waals surface area contributed by atoms with Gasteiger partial charge < -0.3 is 19.7 Å². The molecule has 0 heterocycles. The standard InChI is InChI=1S/C16H24N2O3/c1-5-6-13-7-8-14(15(11-13)20-4)21-12-16(19)18(3)10-9-17-2/h5-8,11,17H,9-10,12H2,1-4H3/b6-5+. The Morgan fingerprint density at radius 2 is 2.14 bits per heavy atom. The molecule has 0 aromatic heterocycles. The number of ether oxygens (including phenoxy) is 2. The number of methoxy groups -OCH3 is 1. The lowest BCUT2D eigenvalue weighted by atomic mass is 10.2. The van der Waals surface area contributed by atoms with Gasteiger partial charge in [-0.15, -0.1) is 0 Å². The van der Waals surface area contributed by atoms with Gasteiger partial charge in [0, 0.05) is 20.1 Å². The number of likely N-dealkylation sites (N-methyl/N-ethyl adjacent to an activating group) is 2. The highest BCUT2D eigenvalue weighted by molar-refractivity contribution is 5.77. The molecule has 1 aromatic carbocycles. The molecule has 0 spiro atoms. The van der Waals surface area contributed by atoms with E-state index in [0.29, 0.717) is 18.0 Å². The molecule has 0 radical (unpaired) electrons. The van der Waals surface area contributed by atoms with Gasteiger partial charge >= 0.3 is 0 Å². The number of hydrogen-bond donors (Lipinski definition) is 1. The number of nitrogens with zero attached hydrogens (tertiary/aromatic N) is 1. The van der Waals surface area contributed by atoms with Crippen LogP contribution in [-0.4, -0.2) is 51.7 Å². The van der Waals surface area contributed by atoms with E-state index in [4.69, 9.17) is 9.47 Å². The number of nitrogens with one attached hydrogen (secondary N) is 1. The van der Waals surface area contributed by atoms with Crippen molar-refractivity contribution >= 4 is 12.0 Å². The molecule has 1 aromatic rings. The van der Waals surface area contributed by atoms with Gasteiger partial charge in [0.15, 0.2) is 18.1 Å². The Hall–Kier alpha value is -2.01. The molecule has 21 heavy (non-hydrogen) atoms. The number of allylic oxidation sites excluding steroid dienone is 1. The lowest BCUT2D eigenvalue weighted by Gasteiger charge is -2.18. The van der Waals surface area contributed by atoms with E-state index in [-0.39, 0.29) is 12.5 Å². The fourth-order valence-corrected chi connectivity index (χ4v) is 1.75. The number of hydrogen-bond acceptors (Lipinski definition) is 4. The van der Waals surface area contributed by atoms with E-state index in [2.05, 4.69) is 5.32 Å². The Kier molecular flexibility index (Phi) is 7.32. The van der Waals surface area contributed by atoms with Gasteiger partial charge in [-0.25, -0.2) is 0 Å². The van der Waals surface area contributed by atoms with E-state index < -0.39 is 0 Å². The molecule has 1 rings (SSSR count). The minimum Gasteiger partial charge on any atom is -0.493 e. The molecule has 1 amide bonds. The molecular formula is C16H24N2O3. The minimum absolute atomic E-state index is 0.000458. The first kappa shape index (κ1) is 17.0. The van der Waals surface area contributed by atoms with Crippen LogP contribution in [0.3, 0.4) is 0 Å². The highest BCUT2D eigenvalue weighted by Gasteiger charge is 2.11. The van der Waals surface area contributed by atoms with Crippen LogP contribution in [0.4, 0.5) is 0 Å². The molecule has 0 aliphatic carbocycles. The maximum atomic E-state index is 11.9. The molecular weight excluding hydrogens is 268 g/mol. The van der Waals surface area contributed by atoms with Crippen molar-refractivity contribution in [2.24, 2.45) is 0 Å². The summed E-state index contributed by atoms with van der Waals surface area (Å²) in [5.41, 5.74) is 1.03. The second-order valence-corrected chi connectivity index (χ2v) is 4.62. The summed E-state index contributed by atoms with van der Waals surface area (Å²) in [7, 11) is 5.20. The quantitative estimate of drug-likeness (QED) is 0.793. The summed E-state index contributed by atoms with van der Waals surface area (Å²) >= 11 is 0. The van der Waals surface area contributed by atoms with Crippen molar-refractivity contribution in [1.82, 2.24) is 10.2 Å². The molecule has 0 saturated carbocycles. The predicted molar refractivity (Wildman–Crippen MR) is 84.8 cm³/mol. The van der Waals surface area contributed by atoms with E-state index in [1.165, 1.54) is 0 Å². The van der Waals surface area contributed by atoms with Gasteiger partial charge in [-0.2, -0.15) is 0 Å². The largest absolute Gasteiger partial charge is 0.493 e. The molecule has 0 atom stereocenters. The average Bonchev–Trinajstić information content (AvgIpc) is 2.51. The summed E-state index contributed by atoms with van der Waals surface area (Å²) in [6.45, 7) is 3.36. The van der Waals surface area contributed by atoms with Crippen molar-refractivity contribution in [2.75, 3.05) is 40.9 Å². The summed E-state index contributed by atoms with van der Waals surface area (Å²) in [5, 5.41) is 3.00. The zero-order chi connectivity index (χ0) is 15.7. The van der Waals surface area contributed by atoms with Gasteiger partial charge in [-0.05, 0) is 31.7 Å². The van der Waals surface area contributed by atoms with E-state index in [1.807, 2.05) is 44.3 Å². The van der Waals surface area contributed by atoms with Crippen molar-refractivity contribution in [3.05, 3.63) is 29.8 Å². The summed E-state index contributed by atoms with van der Waals surface area (Å²) < 4.78 is 10.9. The molecule has 0 unspecified atom stereocenters. The average molecular weight is 292 g/mol. The summed E-state index contributed by atoms with van der Waals surface area (Å²) in [5.74, 6) is 1.13. The number of carbonyl (C=O) groups is 1. The minimum atomic E-state index is -0.0650. The molecule has 116 valence electrons. The number of carbonyl (C=O) groups excluding carboxylic acids is 1. The van der Waals surface area contributed by atoms with Gasteiger partial charge in [0.25, 0.3) is 5.91 Å². The van der Waals surface area contributed by atoms with Gasteiger partial charge in [0.2, 0.25) is 0 Å². The predicted octanol–water partition coefficient (Wildman–Crippen LogP) is 1.78. The Labute approximate surface area is 126 Å². The Bertz CT molecular complexity index is 486. The molecule has 5 nitrogen and oxygen atoms in total. The van der Waals surface area contributed by atoms with Crippen LogP contribution in [0.5, 0.6) is 11.5 Å². The number of benzene rings is 1. The Balaban J connectivity index is 2.64. The van der Waals surface area contributed by atoms with Crippen molar-refractivity contribution in [1.29, 1.82) is 0 Å². The second-order valence-electron chi connectivity index (χ2n) is 4.62. The monoisotopic (exact) mass is 292 g/mol. The van der Waals surface area contributed by atoms with Crippen LogP contribution in [0.15, 0.2) is 24.3 Å². The van der Waals surface area contributed by atoms with Crippen LogP contribution in [0, 0.1) is 0 Å². The van der Waals surface area contributed by atoms with Gasteiger partial charge in [0.1, 0.15) is 0 Å². The zero-order valence-electron chi connectivity index (χ0n) is 13.2. The third kappa shape index (κ3) is 5.47. The molecule has 5 heteroatoms. The normalized spacial score (nSPS) is 10.7. The molecule has 0 aliphatic heterocycles. The van der Waals surface area contributed by atoms with Crippen LogP contribution >= 0.6 is 0 Å². The van der Waals surface area contributed by atoms with Crippen molar-refractivity contribution in [3.63, 3.8) is 0 Å². The molecule has 0 saturated heterocycles. The van der Waals surface area contributed by atoms with E-state index in [1.54, 1.807) is 19.1 Å². The van der Waals surface area contributed by atoms with Gasteiger partial charge in [-0.1, -0.05) is 18.2 Å². The SMILES string of the molecule is C/C=C/c1ccc(OCC(=O)N(C)CCNC)c(OC)c1. The van der Waals surface area contributed by atoms with E-state index in [0.717, 1.165) is 12.1 Å². The van der Waals surface area contributed by atoms with Crippen molar-refractivity contribution in [3.8, 4) is 11.5 Å². The first-order chi connectivity index (χ1) is 10.1.